The van der Waals surface area contributed by atoms with Crippen molar-refractivity contribution in [2.45, 2.75) is 13.5 Å². The number of hydrogen-bond donors (Lipinski definition) is 1. The first-order chi connectivity index (χ1) is 11.2. The van der Waals surface area contributed by atoms with Gasteiger partial charge in [-0.2, -0.15) is 0 Å². The summed E-state index contributed by atoms with van der Waals surface area (Å²) in [6.45, 7) is 5.07. The number of ether oxygens (including phenoxy) is 1. The largest absolute Gasteiger partial charge is 0.508 e. The Morgan fingerprint density at radius 3 is 2.74 bits per heavy atom. The van der Waals surface area contributed by atoms with Crippen molar-refractivity contribution in [3.63, 3.8) is 0 Å². The third kappa shape index (κ3) is 2.17. The predicted molar refractivity (Wildman–Crippen MR) is 85.8 cm³/mol. The van der Waals surface area contributed by atoms with Gasteiger partial charge in [-0.1, -0.05) is 0 Å². The van der Waals surface area contributed by atoms with Crippen LogP contribution in [0, 0.1) is 0 Å². The standard InChI is InChI=1S/C17H18N2O4/c1-2-19-13-9-11(20)3-4-12(13)16-14(19)10-15(23-16)17(21)18-5-7-22-8-6-18/h3-4,9-10,20H,2,5-8H2,1H3. The Morgan fingerprint density at radius 1 is 1.22 bits per heavy atom. The van der Waals surface area contributed by atoms with Crippen molar-refractivity contribution in [1.29, 1.82) is 0 Å². The van der Waals surface area contributed by atoms with Gasteiger partial charge in [0.25, 0.3) is 5.91 Å². The molecule has 6 nitrogen and oxygen atoms in total. The maximum Gasteiger partial charge on any atom is 0.289 e. The van der Waals surface area contributed by atoms with Crippen LogP contribution in [0.15, 0.2) is 28.7 Å². The molecule has 1 aliphatic heterocycles. The number of carbonyl (C=O) groups is 1. The first kappa shape index (κ1) is 14.1. The van der Waals surface area contributed by atoms with Crippen LogP contribution in [0.25, 0.3) is 22.0 Å². The molecular formula is C17H18N2O4. The number of benzene rings is 1. The summed E-state index contributed by atoms with van der Waals surface area (Å²) in [7, 11) is 0. The molecule has 6 heteroatoms. The molecule has 0 spiro atoms. The molecule has 1 amide bonds. The summed E-state index contributed by atoms with van der Waals surface area (Å²) in [5.74, 6) is 0.477. The average molecular weight is 314 g/mol. The van der Waals surface area contributed by atoms with Crippen LogP contribution in [0.1, 0.15) is 17.5 Å². The lowest BCUT2D eigenvalue weighted by Gasteiger charge is -2.25. The Labute approximate surface area is 132 Å². The summed E-state index contributed by atoms with van der Waals surface area (Å²) in [5, 5.41) is 10.6. The molecule has 3 heterocycles. The van der Waals surface area contributed by atoms with Crippen molar-refractivity contribution in [2.75, 3.05) is 26.3 Å². The number of aryl methyl sites for hydroxylation is 1. The highest BCUT2D eigenvalue weighted by atomic mass is 16.5. The summed E-state index contributed by atoms with van der Waals surface area (Å²) in [6.07, 6.45) is 0. The van der Waals surface area contributed by atoms with Gasteiger partial charge in [-0.05, 0) is 19.1 Å². The summed E-state index contributed by atoms with van der Waals surface area (Å²) in [4.78, 5) is 14.3. The topological polar surface area (TPSA) is 67.8 Å². The van der Waals surface area contributed by atoms with Crippen LogP contribution in [0.5, 0.6) is 5.75 Å². The number of fused-ring (bicyclic) bond motifs is 3. The number of phenols is 1. The second kappa shape index (κ2) is 5.31. The number of morpholine rings is 1. The zero-order valence-corrected chi connectivity index (χ0v) is 12.9. The fourth-order valence-corrected chi connectivity index (χ4v) is 3.21. The molecular weight excluding hydrogens is 296 g/mol. The van der Waals surface area contributed by atoms with Gasteiger partial charge < -0.3 is 23.7 Å². The van der Waals surface area contributed by atoms with Crippen molar-refractivity contribution in [3.05, 3.63) is 30.0 Å². The molecule has 0 unspecified atom stereocenters. The maximum atomic E-state index is 12.6. The van der Waals surface area contributed by atoms with E-state index in [1.807, 2.05) is 17.6 Å². The molecule has 3 aromatic rings. The molecule has 1 aliphatic rings. The van der Waals surface area contributed by atoms with Gasteiger partial charge >= 0.3 is 0 Å². The van der Waals surface area contributed by atoms with Crippen LogP contribution in [0.3, 0.4) is 0 Å². The normalized spacial score (nSPS) is 15.6. The minimum absolute atomic E-state index is 0.0981. The molecule has 0 radical (unpaired) electrons. The number of nitrogens with zero attached hydrogens (tertiary/aromatic N) is 2. The average Bonchev–Trinajstić information content (AvgIpc) is 3.11. The second-order valence-corrected chi connectivity index (χ2v) is 5.68. The predicted octanol–water partition coefficient (Wildman–Crippen LogP) is 2.59. The molecule has 1 N–H and O–H groups in total. The number of hydrogen-bond acceptors (Lipinski definition) is 4. The third-order valence-corrected chi connectivity index (χ3v) is 4.35. The van der Waals surface area contributed by atoms with Crippen LogP contribution >= 0.6 is 0 Å². The number of aromatic hydroxyl groups is 1. The lowest BCUT2D eigenvalue weighted by molar-refractivity contribution is 0.0284. The van der Waals surface area contributed by atoms with Gasteiger partial charge in [-0.25, -0.2) is 0 Å². The molecule has 23 heavy (non-hydrogen) atoms. The van der Waals surface area contributed by atoms with Crippen LogP contribution in [0.2, 0.25) is 0 Å². The van der Waals surface area contributed by atoms with Crippen molar-refractivity contribution in [2.24, 2.45) is 0 Å². The van der Waals surface area contributed by atoms with E-state index in [1.165, 1.54) is 0 Å². The van der Waals surface area contributed by atoms with E-state index >= 15 is 0 Å². The Kier molecular flexibility index (Phi) is 3.27. The number of carbonyl (C=O) groups excluding carboxylic acids is 1. The molecule has 1 aromatic carbocycles. The quantitative estimate of drug-likeness (QED) is 0.789. The SMILES string of the molecule is CCn1c2cc(O)ccc2c2oc(C(=O)N3CCOCC3)cc21. The molecule has 0 atom stereocenters. The Morgan fingerprint density at radius 2 is 2.00 bits per heavy atom. The van der Waals surface area contributed by atoms with E-state index in [1.54, 1.807) is 23.1 Å². The number of furan rings is 1. The van der Waals surface area contributed by atoms with Crippen molar-refractivity contribution < 1.29 is 19.1 Å². The first-order valence-electron chi connectivity index (χ1n) is 7.81. The van der Waals surface area contributed by atoms with Crippen molar-refractivity contribution >= 4 is 27.9 Å². The number of aromatic nitrogens is 1. The number of phenolic OH excluding ortho intramolecular Hbond substituents is 1. The van der Waals surface area contributed by atoms with E-state index < -0.39 is 0 Å². The van der Waals surface area contributed by atoms with Gasteiger partial charge in [0.2, 0.25) is 0 Å². The Balaban J connectivity index is 1.83. The lowest BCUT2D eigenvalue weighted by atomic mass is 10.2. The highest BCUT2D eigenvalue weighted by Crippen LogP contribution is 2.33. The zero-order valence-electron chi connectivity index (χ0n) is 12.9. The highest BCUT2D eigenvalue weighted by Gasteiger charge is 2.24. The Bertz CT molecular complexity index is 887. The fourth-order valence-electron chi connectivity index (χ4n) is 3.21. The fraction of sp³-hybridized carbons (Fsp3) is 0.353. The van der Waals surface area contributed by atoms with Gasteiger partial charge in [0, 0.05) is 37.2 Å². The van der Waals surface area contributed by atoms with Gasteiger partial charge in [0.15, 0.2) is 11.3 Å². The maximum absolute atomic E-state index is 12.6. The molecule has 1 fully saturated rings. The van der Waals surface area contributed by atoms with Crippen LogP contribution < -0.4 is 0 Å². The molecule has 0 bridgehead atoms. The molecule has 2 aromatic heterocycles. The summed E-state index contributed by atoms with van der Waals surface area (Å²) in [6, 6.07) is 6.98. The monoisotopic (exact) mass is 314 g/mol. The molecule has 4 rings (SSSR count). The van der Waals surface area contributed by atoms with Crippen LogP contribution in [-0.2, 0) is 11.3 Å². The van der Waals surface area contributed by atoms with Crippen LogP contribution in [0.4, 0.5) is 0 Å². The highest BCUT2D eigenvalue weighted by molar-refractivity contribution is 6.08. The minimum atomic E-state index is -0.0981. The van der Waals surface area contributed by atoms with Crippen LogP contribution in [-0.4, -0.2) is 46.8 Å². The van der Waals surface area contributed by atoms with E-state index in [-0.39, 0.29) is 11.7 Å². The third-order valence-electron chi connectivity index (χ3n) is 4.35. The van der Waals surface area contributed by atoms with Crippen molar-refractivity contribution in [3.8, 4) is 5.75 Å². The van der Waals surface area contributed by atoms with E-state index in [2.05, 4.69) is 0 Å². The molecule has 0 aliphatic carbocycles. The van der Waals surface area contributed by atoms with E-state index in [4.69, 9.17) is 9.15 Å². The van der Waals surface area contributed by atoms with Gasteiger partial charge in [-0.15, -0.1) is 0 Å². The van der Waals surface area contributed by atoms with E-state index in [0.717, 1.165) is 23.0 Å². The number of amides is 1. The summed E-state index contributed by atoms with van der Waals surface area (Å²) >= 11 is 0. The Hall–Kier alpha value is -2.47. The molecule has 1 saturated heterocycles. The van der Waals surface area contributed by atoms with Gasteiger partial charge in [0.1, 0.15) is 5.75 Å². The minimum Gasteiger partial charge on any atom is -0.508 e. The second-order valence-electron chi connectivity index (χ2n) is 5.68. The first-order valence-corrected chi connectivity index (χ1v) is 7.81. The van der Waals surface area contributed by atoms with Gasteiger partial charge in [-0.3, -0.25) is 4.79 Å². The molecule has 0 saturated carbocycles. The van der Waals surface area contributed by atoms with E-state index in [9.17, 15) is 9.90 Å². The van der Waals surface area contributed by atoms with Gasteiger partial charge in [0.05, 0.1) is 24.2 Å². The zero-order chi connectivity index (χ0) is 16.0. The number of rotatable bonds is 2. The summed E-state index contributed by atoms with van der Waals surface area (Å²) < 4.78 is 13.2. The van der Waals surface area contributed by atoms with E-state index in [0.29, 0.717) is 37.6 Å². The van der Waals surface area contributed by atoms with Crippen molar-refractivity contribution in [1.82, 2.24) is 9.47 Å². The summed E-state index contributed by atoms with van der Waals surface area (Å²) in [5.41, 5.74) is 2.48. The lowest BCUT2D eigenvalue weighted by Crippen LogP contribution is -2.40. The molecule has 120 valence electrons. The smallest absolute Gasteiger partial charge is 0.289 e.